The Hall–Kier alpha value is -0.630. The van der Waals surface area contributed by atoms with Gasteiger partial charge in [0.15, 0.2) is 0 Å². The fourth-order valence-electron chi connectivity index (χ4n) is 2.04. The maximum atomic E-state index is 12.4. The largest absolute Gasteiger partial charge is 0.496 e. The van der Waals surface area contributed by atoms with E-state index < -0.39 is 16.1 Å². The monoisotopic (exact) mass is 349 g/mol. The highest BCUT2D eigenvalue weighted by molar-refractivity contribution is 9.10. The van der Waals surface area contributed by atoms with Gasteiger partial charge in [0.1, 0.15) is 5.75 Å². The van der Waals surface area contributed by atoms with E-state index in [0.717, 1.165) is 0 Å². The lowest BCUT2D eigenvalue weighted by atomic mass is 10.1. The average Bonchev–Trinajstić information content (AvgIpc) is 2.39. The first-order chi connectivity index (χ1) is 8.95. The van der Waals surface area contributed by atoms with E-state index in [1.165, 1.54) is 17.5 Å². The molecule has 0 amide bonds. The van der Waals surface area contributed by atoms with E-state index >= 15 is 0 Å². The number of benzene rings is 1. The second-order valence-corrected chi connectivity index (χ2v) is 7.22. The lowest BCUT2D eigenvalue weighted by Crippen LogP contribution is -2.39. The van der Waals surface area contributed by atoms with Gasteiger partial charge in [-0.1, -0.05) is 0 Å². The van der Waals surface area contributed by atoms with Gasteiger partial charge in [-0.05, 0) is 47.0 Å². The molecule has 0 bridgehead atoms. The van der Waals surface area contributed by atoms with Crippen LogP contribution in [0.3, 0.4) is 0 Å². The van der Waals surface area contributed by atoms with Gasteiger partial charge in [0, 0.05) is 13.1 Å². The lowest BCUT2D eigenvalue weighted by molar-refractivity contribution is 0.113. The summed E-state index contributed by atoms with van der Waals surface area (Å²) >= 11 is 3.29. The minimum absolute atomic E-state index is 0.233. The molecule has 1 aromatic carbocycles. The van der Waals surface area contributed by atoms with Crippen LogP contribution in [0.4, 0.5) is 0 Å². The first kappa shape index (κ1) is 14.8. The van der Waals surface area contributed by atoms with E-state index in [0.29, 0.717) is 36.2 Å². The van der Waals surface area contributed by atoms with E-state index in [9.17, 15) is 13.5 Å². The van der Waals surface area contributed by atoms with Crippen LogP contribution in [0.25, 0.3) is 0 Å². The molecule has 1 aliphatic heterocycles. The van der Waals surface area contributed by atoms with E-state index in [4.69, 9.17) is 4.74 Å². The molecule has 1 N–H and O–H groups in total. The van der Waals surface area contributed by atoms with Crippen LogP contribution in [-0.2, 0) is 10.0 Å². The van der Waals surface area contributed by atoms with Crippen LogP contribution in [0.2, 0.25) is 0 Å². The first-order valence-corrected chi connectivity index (χ1v) is 8.20. The third-order valence-corrected chi connectivity index (χ3v) is 5.70. The number of aliphatic hydroxyl groups excluding tert-OH is 1. The number of rotatable bonds is 3. The number of nitrogens with zero attached hydrogens (tertiary/aromatic N) is 1. The molecule has 0 aromatic heterocycles. The Morgan fingerprint density at radius 2 is 2.00 bits per heavy atom. The smallest absolute Gasteiger partial charge is 0.243 e. The number of halogens is 1. The first-order valence-electron chi connectivity index (χ1n) is 5.97. The molecule has 0 spiro atoms. The highest BCUT2D eigenvalue weighted by Crippen LogP contribution is 2.29. The highest BCUT2D eigenvalue weighted by atomic mass is 79.9. The summed E-state index contributed by atoms with van der Waals surface area (Å²) < 4.78 is 32.0. The fourth-order valence-corrected chi connectivity index (χ4v) is 4.23. The van der Waals surface area contributed by atoms with E-state index in [1.54, 1.807) is 12.1 Å². The number of hydrogen-bond donors (Lipinski definition) is 1. The Morgan fingerprint density at radius 1 is 1.37 bits per heavy atom. The number of piperidine rings is 1. The van der Waals surface area contributed by atoms with Crippen molar-refractivity contribution in [2.75, 3.05) is 20.2 Å². The third-order valence-electron chi connectivity index (χ3n) is 3.18. The predicted molar refractivity (Wildman–Crippen MR) is 74.7 cm³/mol. The molecule has 5 nitrogen and oxygen atoms in total. The summed E-state index contributed by atoms with van der Waals surface area (Å²) in [5.41, 5.74) is 0. The molecule has 1 aliphatic rings. The highest BCUT2D eigenvalue weighted by Gasteiger charge is 2.29. The molecule has 0 saturated carbocycles. The van der Waals surface area contributed by atoms with Gasteiger partial charge >= 0.3 is 0 Å². The van der Waals surface area contributed by atoms with E-state index in [-0.39, 0.29) is 4.90 Å². The second-order valence-electron chi connectivity index (χ2n) is 4.43. The molecule has 1 saturated heterocycles. The van der Waals surface area contributed by atoms with Gasteiger partial charge in [-0.15, -0.1) is 0 Å². The minimum Gasteiger partial charge on any atom is -0.496 e. The molecule has 1 heterocycles. The van der Waals surface area contributed by atoms with Gasteiger partial charge in [0.25, 0.3) is 0 Å². The van der Waals surface area contributed by atoms with Crippen LogP contribution in [-0.4, -0.2) is 44.1 Å². The summed E-state index contributed by atoms with van der Waals surface area (Å²) in [5.74, 6) is 0.591. The molecule has 19 heavy (non-hydrogen) atoms. The maximum absolute atomic E-state index is 12.4. The zero-order valence-electron chi connectivity index (χ0n) is 10.5. The fraction of sp³-hybridized carbons (Fsp3) is 0.500. The van der Waals surface area contributed by atoms with Crippen LogP contribution in [0.15, 0.2) is 27.6 Å². The Morgan fingerprint density at radius 3 is 2.53 bits per heavy atom. The molecule has 106 valence electrons. The SMILES string of the molecule is COc1ccc(S(=O)(=O)N2CCC(O)CC2)cc1Br. The van der Waals surface area contributed by atoms with Crippen molar-refractivity contribution in [1.82, 2.24) is 4.31 Å². The van der Waals surface area contributed by atoms with E-state index in [1.807, 2.05) is 0 Å². The summed E-state index contributed by atoms with van der Waals surface area (Å²) in [4.78, 5) is 0.233. The molecular weight excluding hydrogens is 334 g/mol. The Kier molecular flexibility index (Phi) is 4.50. The number of aliphatic hydroxyl groups is 1. The summed E-state index contributed by atoms with van der Waals surface area (Å²) in [7, 11) is -1.97. The topological polar surface area (TPSA) is 66.8 Å². The molecule has 1 fully saturated rings. The van der Waals surface area contributed by atoms with Crippen LogP contribution in [0.5, 0.6) is 5.75 Å². The number of methoxy groups -OCH3 is 1. The molecule has 7 heteroatoms. The van der Waals surface area contributed by atoms with Crippen LogP contribution in [0.1, 0.15) is 12.8 Å². The molecule has 1 aromatic rings. The van der Waals surface area contributed by atoms with Crippen molar-refractivity contribution in [3.63, 3.8) is 0 Å². The molecule has 2 rings (SSSR count). The van der Waals surface area contributed by atoms with Gasteiger partial charge in [0.2, 0.25) is 10.0 Å². The minimum atomic E-state index is -3.50. The number of ether oxygens (including phenoxy) is 1. The molecule has 0 aliphatic carbocycles. The third kappa shape index (κ3) is 3.10. The van der Waals surface area contributed by atoms with Crippen molar-refractivity contribution in [3.05, 3.63) is 22.7 Å². The molecule has 0 unspecified atom stereocenters. The van der Waals surface area contributed by atoms with Gasteiger partial charge < -0.3 is 9.84 Å². The maximum Gasteiger partial charge on any atom is 0.243 e. The van der Waals surface area contributed by atoms with Crippen LogP contribution >= 0.6 is 15.9 Å². The van der Waals surface area contributed by atoms with Crippen molar-refractivity contribution in [3.8, 4) is 5.75 Å². The van der Waals surface area contributed by atoms with Crippen molar-refractivity contribution in [2.45, 2.75) is 23.8 Å². The van der Waals surface area contributed by atoms with Crippen molar-refractivity contribution < 1.29 is 18.3 Å². The van der Waals surface area contributed by atoms with Crippen LogP contribution < -0.4 is 4.74 Å². The Bertz CT molecular complexity index is 553. The van der Waals surface area contributed by atoms with Gasteiger partial charge in [0.05, 0.1) is 22.6 Å². The van der Waals surface area contributed by atoms with Gasteiger partial charge in [-0.3, -0.25) is 0 Å². The normalized spacial score (nSPS) is 18.5. The lowest BCUT2D eigenvalue weighted by Gasteiger charge is -2.28. The van der Waals surface area contributed by atoms with Crippen molar-refractivity contribution >= 4 is 26.0 Å². The number of sulfonamides is 1. The Balaban J connectivity index is 2.27. The summed E-state index contributed by atoms with van der Waals surface area (Å²) in [6.45, 7) is 0.709. The average molecular weight is 350 g/mol. The van der Waals surface area contributed by atoms with Crippen molar-refractivity contribution in [1.29, 1.82) is 0 Å². The van der Waals surface area contributed by atoms with Crippen molar-refractivity contribution in [2.24, 2.45) is 0 Å². The zero-order valence-corrected chi connectivity index (χ0v) is 12.9. The summed E-state index contributed by atoms with van der Waals surface area (Å²) in [5, 5.41) is 9.43. The van der Waals surface area contributed by atoms with Gasteiger partial charge in [-0.25, -0.2) is 8.42 Å². The summed E-state index contributed by atoms with van der Waals surface area (Å²) in [6, 6.07) is 4.69. The Labute approximate surface area is 121 Å². The standard InChI is InChI=1S/C12H16BrNO4S/c1-18-12-3-2-10(8-11(12)13)19(16,17)14-6-4-9(15)5-7-14/h2-3,8-9,15H,4-7H2,1H3. The molecule has 0 atom stereocenters. The molecule has 0 radical (unpaired) electrons. The predicted octanol–water partition coefficient (Wildman–Crippen LogP) is 1.60. The quantitative estimate of drug-likeness (QED) is 0.899. The molecular formula is C12H16BrNO4S. The second kappa shape index (κ2) is 5.78. The van der Waals surface area contributed by atoms with Gasteiger partial charge in [-0.2, -0.15) is 4.31 Å². The summed E-state index contributed by atoms with van der Waals surface area (Å²) in [6.07, 6.45) is 0.571. The van der Waals surface area contributed by atoms with Crippen LogP contribution in [0, 0.1) is 0 Å². The number of hydrogen-bond acceptors (Lipinski definition) is 4. The van der Waals surface area contributed by atoms with E-state index in [2.05, 4.69) is 15.9 Å². The zero-order chi connectivity index (χ0) is 14.0.